The van der Waals surface area contributed by atoms with E-state index in [9.17, 15) is 9.90 Å². The Hall–Kier alpha value is -2.45. The third kappa shape index (κ3) is 10.0. The molecular formula is C31H46O6Si. The average molecular weight is 543 g/mol. The number of ether oxygens (including phenoxy) is 3. The van der Waals surface area contributed by atoms with Crippen molar-refractivity contribution in [2.45, 2.75) is 78.2 Å². The minimum absolute atomic E-state index is 0.0868. The fraction of sp³-hybridized carbons (Fsp3) is 0.516. The summed E-state index contributed by atoms with van der Waals surface area (Å²) in [5, 5.41) is 10.9. The Bertz CT molecular complexity index is 997. The molecule has 0 heterocycles. The van der Waals surface area contributed by atoms with Crippen molar-refractivity contribution >= 4 is 14.3 Å². The highest BCUT2D eigenvalue weighted by atomic mass is 28.4. The van der Waals surface area contributed by atoms with E-state index < -0.39 is 26.5 Å². The smallest absolute Gasteiger partial charge is 0.336 e. The lowest BCUT2D eigenvalue weighted by Crippen LogP contribution is -2.42. The normalized spacial score (nSPS) is 15.6. The van der Waals surface area contributed by atoms with Gasteiger partial charge in [-0.2, -0.15) is 0 Å². The predicted molar refractivity (Wildman–Crippen MR) is 154 cm³/mol. The highest BCUT2D eigenvalue weighted by Crippen LogP contribution is 2.36. The summed E-state index contributed by atoms with van der Waals surface area (Å²) >= 11 is 0. The van der Waals surface area contributed by atoms with E-state index in [0.29, 0.717) is 6.61 Å². The van der Waals surface area contributed by atoms with Gasteiger partial charge in [0.1, 0.15) is 12.4 Å². The van der Waals surface area contributed by atoms with Crippen molar-refractivity contribution < 1.29 is 28.5 Å². The van der Waals surface area contributed by atoms with Crippen molar-refractivity contribution in [3.8, 4) is 5.75 Å². The lowest BCUT2D eigenvalue weighted by Gasteiger charge is -2.37. The molecule has 0 aromatic heterocycles. The second-order valence-electron chi connectivity index (χ2n) is 11.5. The molecule has 38 heavy (non-hydrogen) atoms. The van der Waals surface area contributed by atoms with E-state index in [4.69, 9.17) is 18.6 Å². The van der Waals surface area contributed by atoms with Gasteiger partial charge in [0, 0.05) is 18.4 Å². The molecule has 0 unspecified atom stereocenters. The summed E-state index contributed by atoms with van der Waals surface area (Å²) in [4.78, 5) is 13.1. The molecule has 4 atom stereocenters. The summed E-state index contributed by atoms with van der Waals surface area (Å²) in [6, 6.07) is 17.1. The number of carbonyl (C=O) groups is 1. The van der Waals surface area contributed by atoms with Gasteiger partial charge in [-0.1, -0.05) is 89.2 Å². The first-order chi connectivity index (χ1) is 17.8. The molecule has 0 amide bonds. The van der Waals surface area contributed by atoms with Crippen LogP contribution in [0.3, 0.4) is 0 Å². The summed E-state index contributed by atoms with van der Waals surface area (Å²) in [6.45, 7) is 15.8. The molecule has 0 bridgehead atoms. The van der Waals surface area contributed by atoms with Gasteiger partial charge in [-0.3, -0.25) is 0 Å². The summed E-state index contributed by atoms with van der Waals surface area (Å²) in [5.41, 5.74) is 1.82. The number of aliphatic hydroxyl groups is 1. The molecule has 210 valence electrons. The molecule has 0 saturated carbocycles. The number of methoxy groups -OCH3 is 1. The molecule has 2 rings (SSSR count). The molecule has 2 aromatic carbocycles. The second-order valence-corrected chi connectivity index (χ2v) is 16.3. The van der Waals surface area contributed by atoms with E-state index in [1.807, 2.05) is 74.5 Å². The molecule has 0 saturated heterocycles. The summed E-state index contributed by atoms with van der Waals surface area (Å²) in [6.07, 6.45) is 2.03. The van der Waals surface area contributed by atoms with Gasteiger partial charge in [0.15, 0.2) is 14.4 Å². The first kappa shape index (κ1) is 31.8. The maximum atomic E-state index is 13.1. The summed E-state index contributed by atoms with van der Waals surface area (Å²) < 4.78 is 23.2. The van der Waals surface area contributed by atoms with Crippen molar-refractivity contribution in [2.75, 3.05) is 13.7 Å². The van der Waals surface area contributed by atoms with Crippen LogP contribution in [-0.4, -0.2) is 45.3 Å². The highest BCUT2D eigenvalue weighted by molar-refractivity contribution is 6.74. The van der Waals surface area contributed by atoms with Gasteiger partial charge in [0.2, 0.25) is 0 Å². The van der Waals surface area contributed by atoms with E-state index in [2.05, 4.69) is 33.9 Å². The minimum atomic E-state index is -1.90. The molecule has 6 nitrogen and oxygen atoms in total. The van der Waals surface area contributed by atoms with Gasteiger partial charge < -0.3 is 23.7 Å². The Morgan fingerprint density at radius 2 is 1.55 bits per heavy atom. The molecule has 1 N–H and O–H groups in total. The van der Waals surface area contributed by atoms with Gasteiger partial charge in [0.05, 0.1) is 19.8 Å². The van der Waals surface area contributed by atoms with Crippen molar-refractivity contribution in [1.82, 2.24) is 0 Å². The van der Waals surface area contributed by atoms with E-state index in [0.717, 1.165) is 16.9 Å². The standard InChI is InChI=1S/C31H46O6Si/c1-23(14-19-28(32)24(2)20-37-38(7,8)31(3,4)5)29(30(33)36-22-25-12-10-9-11-13-25)35-21-26-15-17-27(34-6)18-16-26/h9-19,23-24,28-29,32H,20-22H2,1-8H3/b19-14+/t23-,24+,28-,29-/m0/s1. The molecule has 0 radical (unpaired) electrons. The Kier molecular flexibility index (Phi) is 12.2. The molecule has 2 aromatic rings. The Balaban J connectivity index is 2.05. The number of aliphatic hydroxyl groups excluding tert-OH is 1. The largest absolute Gasteiger partial charge is 0.497 e. The number of hydrogen-bond donors (Lipinski definition) is 1. The topological polar surface area (TPSA) is 74.2 Å². The number of esters is 1. The van der Waals surface area contributed by atoms with Gasteiger partial charge in [-0.15, -0.1) is 0 Å². The van der Waals surface area contributed by atoms with Crippen LogP contribution in [0.5, 0.6) is 5.75 Å². The molecule has 0 aliphatic heterocycles. The fourth-order valence-electron chi connectivity index (χ4n) is 3.39. The zero-order chi connectivity index (χ0) is 28.3. The van der Waals surface area contributed by atoms with Crippen LogP contribution in [0.15, 0.2) is 66.7 Å². The third-order valence-electron chi connectivity index (χ3n) is 7.23. The van der Waals surface area contributed by atoms with Gasteiger partial charge in [0.25, 0.3) is 0 Å². The third-order valence-corrected chi connectivity index (χ3v) is 11.7. The van der Waals surface area contributed by atoms with E-state index in [1.165, 1.54) is 0 Å². The quantitative estimate of drug-likeness (QED) is 0.166. The Morgan fingerprint density at radius 1 is 0.947 bits per heavy atom. The van der Waals surface area contributed by atoms with E-state index in [1.54, 1.807) is 13.2 Å². The lowest BCUT2D eigenvalue weighted by atomic mass is 10.00. The zero-order valence-corrected chi connectivity index (χ0v) is 25.3. The molecule has 7 heteroatoms. The number of benzene rings is 2. The van der Waals surface area contributed by atoms with Crippen LogP contribution in [0.2, 0.25) is 18.1 Å². The van der Waals surface area contributed by atoms with Crippen LogP contribution in [0.1, 0.15) is 45.7 Å². The van der Waals surface area contributed by atoms with E-state index >= 15 is 0 Å². The Labute approximate surface area is 230 Å². The Morgan fingerprint density at radius 3 is 2.13 bits per heavy atom. The van der Waals surface area contributed by atoms with Crippen molar-refractivity contribution in [1.29, 1.82) is 0 Å². The lowest BCUT2D eigenvalue weighted by molar-refractivity contribution is -0.162. The van der Waals surface area contributed by atoms with Crippen LogP contribution in [0.25, 0.3) is 0 Å². The highest BCUT2D eigenvalue weighted by Gasteiger charge is 2.37. The molecule has 0 aliphatic rings. The summed E-state index contributed by atoms with van der Waals surface area (Å²) in [5.74, 6) is -0.0937. The fourth-order valence-corrected chi connectivity index (χ4v) is 4.50. The molecular weight excluding hydrogens is 496 g/mol. The van der Waals surface area contributed by atoms with Crippen LogP contribution < -0.4 is 4.74 Å². The van der Waals surface area contributed by atoms with Gasteiger partial charge in [-0.05, 0) is 41.4 Å². The van der Waals surface area contributed by atoms with Crippen molar-refractivity contribution in [3.63, 3.8) is 0 Å². The molecule has 0 fully saturated rings. The maximum Gasteiger partial charge on any atom is 0.336 e. The molecule has 0 spiro atoms. The number of hydrogen-bond acceptors (Lipinski definition) is 6. The zero-order valence-electron chi connectivity index (χ0n) is 24.3. The van der Waals surface area contributed by atoms with Crippen LogP contribution in [0.4, 0.5) is 0 Å². The van der Waals surface area contributed by atoms with Crippen LogP contribution in [0, 0.1) is 11.8 Å². The first-order valence-electron chi connectivity index (χ1n) is 13.3. The predicted octanol–water partition coefficient (Wildman–Crippen LogP) is 6.53. The number of carbonyl (C=O) groups excluding carboxylic acids is 1. The monoisotopic (exact) mass is 542 g/mol. The SMILES string of the molecule is COc1ccc(CO[C@H](C(=O)OCc2ccccc2)[C@@H](C)/C=C/[C@H](O)[C@H](C)CO[Si](C)(C)C(C)(C)C)cc1. The van der Waals surface area contributed by atoms with Crippen molar-refractivity contribution in [3.05, 3.63) is 77.9 Å². The average Bonchev–Trinajstić information content (AvgIpc) is 2.89. The van der Waals surface area contributed by atoms with Gasteiger partial charge in [-0.25, -0.2) is 4.79 Å². The second kappa shape index (κ2) is 14.6. The van der Waals surface area contributed by atoms with E-state index in [-0.39, 0.29) is 30.1 Å². The van der Waals surface area contributed by atoms with Crippen molar-refractivity contribution in [2.24, 2.45) is 11.8 Å². The maximum absolute atomic E-state index is 13.1. The van der Waals surface area contributed by atoms with Crippen LogP contribution in [-0.2, 0) is 31.9 Å². The first-order valence-corrected chi connectivity index (χ1v) is 16.2. The summed E-state index contributed by atoms with van der Waals surface area (Å²) in [7, 11) is -0.284. The van der Waals surface area contributed by atoms with Crippen LogP contribution >= 0.6 is 0 Å². The van der Waals surface area contributed by atoms with Gasteiger partial charge >= 0.3 is 5.97 Å². The number of rotatable bonds is 14. The molecule has 0 aliphatic carbocycles. The minimum Gasteiger partial charge on any atom is -0.497 e.